The number of benzene rings is 1. The Kier molecular flexibility index (Phi) is 5.11. The molecule has 6 nitrogen and oxygen atoms in total. The van der Waals surface area contributed by atoms with Crippen LogP contribution in [0.1, 0.15) is 29.9 Å². The minimum Gasteiger partial charge on any atom is -0.364 e. The van der Waals surface area contributed by atoms with E-state index in [0.717, 1.165) is 12.1 Å². The third-order valence-electron chi connectivity index (χ3n) is 3.24. The van der Waals surface area contributed by atoms with E-state index in [9.17, 15) is 4.79 Å². The van der Waals surface area contributed by atoms with Gasteiger partial charge in [0.2, 0.25) is 0 Å². The highest BCUT2D eigenvalue weighted by atomic mass is 32.1. The first kappa shape index (κ1) is 16.0. The van der Waals surface area contributed by atoms with Crippen molar-refractivity contribution in [1.29, 1.82) is 0 Å². The summed E-state index contributed by atoms with van der Waals surface area (Å²) in [6.45, 7) is 4.54. The summed E-state index contributed by atoms with van der Waals surface area (Å²) in [5.74, 6) is -0.544. The molecular formula is C15H19N5OS. The van der Waals surface area contributed by atoms with E-state index in [1.165, 1.54) is 16.4 Å². The first-order chi connectivity index (χ1) is 10.5. The zero-order valence-corrected chi connectivity index (χ0v) is 13.4. The van der Waals surface area contributed by atoms with Crippen LogP contribution >= 0.6 is 12.2 Å². The summed E-state index contributed by atoms with van der Waals surface area (Å²) < 4.78 is 1.53. The Morgan fingerprint density at radius 2 is 1.95 bits per heavy atom. The minimum absolute atomic E-state index is 0.313. The van der Waals surface area contributed by atoms with Crippen LogP contribution in [0.4, 0.5) is 11.4 Å². The molecule has 2 rings (SSSR count). The van der Waals surface area contributed by atoms with Gasteiger partial charge in [0.05, 0.1) is 11.9 Å². The fourth-order valence-corrected chi connectivity index (χ4v) is 2.31. The molecular weight excluding hydrogens is 298 g/mol. The second-order valence-corrected chi connectivity index (χ2v) is 5.12. The van der Waals surface area contributed by atoms with Gasteiger partial charge in [-0.15, -0.1) is 0 Å². The normalized spacial score (nSPS) is 10.3. The lowest BCUT2D eigenvalue weighted by molar-refractivity contribution is 0.0991. The van der Waals surface area contributed by atoms with Gasteiger partial charge < -0.3 is 16.4 Å². The molecule has 1 aromatic heterocycles. The molecule has 0 radical (unpaired) electrons. The molecule has 0 atom stereocenters. The van der Waals surface area contributed by atoms with Crippen molar-refractivity contribution in [2.45, 2.75) is 26.8 Å². The van der Waals surface area contributed by atoms with Crippen molar-refractivity contribution < 1.29 is 4.79 Å². The number of nitrogens with zero attached hydrogens (tertiary/aromatic N) is 2. The Morgan fingerprint density at radius 3 is 2.50 bits per heavy atom. The summed E-state index contributed by atoms with van der Waals surface area (Å²) in [5.41, 5.74) is 8.33. The standard InChI is InChI=1S/C15H19N5OS/c1-3-10-5-7-11(8-6-10)18-15(22)19-12-9-17-20(4-2)13(12)14(16)21/h5-9H,3-4H2,1-2H3,(H2,16,21)(H2,18,19,22). The summed E-state index contributed by atoms with van der Waals surface area (Å²) in [6, 6.07) is 7.98. The number of hydrogen-bond acceptors (Lipinski definition) is 3. The molecule has 2 aromatic rings. The maximum absolute atomic E-state index is 11.5. The molecule has 0 fully saturated rings. The number of thiocarbonyl (C=S) groups is 1. The monoisotopic (exact) mass is 317 g/mol. The largest absolute Gasteiger partial charge is 0.364 e. The van der Waals surface area contributed by atoms with Crippen LogP contribution in [-0.4, -0.2) is 20.8 Å². The van der Waals surface area contributed by atoms with Crippen molar-refractivity contribution in [3.05, 3.63) is 41.7 Å². The van der Waals surface area contributed by atoms with Crippen LogP contribution in [0.2, 0.25) is 0 Å². The summed E-state index contributed by atoms with van der Waals surface area (Å²) in [7, 11) is 0. The lowest BCUT2D eigenvalue weighted by Crippen LogP contribution is -2.23. The molecule has 0 aliphatic heterocycles. The van der Waals surface area contributed by atoms with E-state index in [1.807, 2.05) is 31.2 Å². The highest BCUT2D eigenvalue weighted by molar-refractivity contribution is 7.80. The summed E-state index contributed by atoms with van der Waals surface area (Å²) in [6.07, 6.45) is 2.53. The molecule has 0 saturated heterocycles. The van der Waals surface area contributed by atoms with Crippen molar-refractivity contribution in [3.63, 3.8) is 0 Å². The van der Waals surface area contributed by atoms with Crippen LogP contribution in [0.25, 0.3) is 0 Å². The molecule has 22 heavy (non-hydrogen) atoms. The number of amides is 1. The molecule has 0 aliphatic rings. The summed E-state index contributed by atoms with van der Waals surface area (Å²) >= 11 is 5.26. The number of carbonyl (C=O) groups excluding carboxylic acids is 1. The number of primary amides is 1. The molecule has 0 spiro atoms. The third-order valence-corrected chi connectivity index (χ3v) is 3.44. The molecule has 1 aromatic carbocycles. The molecule has 1 heterocycles. The zero-order valence-electron chi connectivity index (χ0n) is 12.6. The fourth-order valence-electron chi connectivity index (χ4n) is 2.08. The molecule has 4 N–H and O–H groups in total. The first-order valence-electron chi connectivity index (χ1n) is 7.07. The number of hydrogen-bond donors (Lipinski definition) is 3. The van der Waals surface area contributed by atoms with Crippen molar-refractivity contribution in [2.24, 2.45) is 5.73 Å². The maximum Gasteiger partial charge on any atom is 0.269 e. The molecule has 0 bridgehead atoms. The number of rotatable bonds is 5. The van der Waals surface area contributed by atoms with Gasteiger partial charge >= 0.3 is 0 Å². The lowest BCUT2D eigenvalue weighted by atomic mass is 10.1. The van der Waals surface area contributed by atoms with Crippen LogP contribution in [0.15, 0.2) is 30.5 Å². The zero-order chi connectivity index (χ0) is 16.1. The van der Waals surface area contributed by atoms with E-state index in [1.54, 1.807) is 0 Å². The molecule has 0 aliphatic carbocycles. The Morgan fingerprint density at radius 1 is 1.27 bits per heavy atom. The van der Waals surface area contributed by atoms with Crippen molar-refractivity contribution in [1.82, 2.24) is 9.78 Å². The van der Waals surface area contributed by atoms with Crippen LogP contribution in [0.3, 0.4) is 0 Å². The predicted octanol–water partition coefficient (Wildman–Crippen LogP) is 2.37. The molecule has 116 valence electrons. The van der Waals surface area contributed by atoms with E-state index in [0.29, 0.717) is 23.0 Å². The quantitative estimate of drug-likeness (QED) is 0.737. The number of aryl methyl sites for hydroxylation is 2. The Hall–Kier alpha value is -2.41. The average molecular weight is 317 g/mol. The van der Waals surface area contributed by atoms with Crippen LogP contribution in [0, 0.1) is 0 Å². The SMILES string of the molecule is CCc1ccc(NC(=S)Nc2cnn(CC)c2C(N)=O)cc1. The van der Waals surface area contributed by atoms with Gasteiger partial charge in [-0.1, -0.05) is 19.1 Å². The fraction of sp³-hybridized carbons (Fsp3) is 0.267. The number of nitrogens with two attached hydrogens (primary N) is 1. The molecule has 0 saturated carbocycles. The highest BCUT2D eigenvalue weighted by Crippen LogP contribution is 2.16. The second kappa shape index (κ2) is 7.04. The number of carbonyl (C=O) groups is 1. The number of anilines is 2. The average Bonchev–Trinajstić information content (AvgIpc) is 2.90. The van der Waals surface area contributed by atoms with Gasteiger partial charge in [0.15, 0.2) is 5.11 Å². The Labute approximate surface area is 134 Å². The van der Waals surface area contributed by atoms with Gasteiger partial charge in [0.25, 0.3) is 5.91 Å². The third kappa shape index (κ3) is 3.62. The topological polar surface area (TPSA) is 85.0 Å². The van der Waals surface area contributed by atoms with E-state index in [-0.39, 0.29) is 0 Å². The van der Waals surface area contributed by atoms with E-state index < -0.39 is 5.91 Å². The number of nitrogens with one attached hydrogen (secondary N) is 2. The van der Waals surface area contributed by atoms with Crippen LogP contribution in [0.5, 0.6) is 0 Å². The molecule has 7 heteroatoms. The predicted molar refractivity (Wildman–Crippen MR) is 92.1 cm³/mol. The summed E-state index contributed by atoms with van der Waals surface area (Å²) in [4.78, 5) is 11.5. The second-order valence-electron chi connectivity index (χ2n) is 4.72. The van der Waals surface area contributed by atoms with Gasteiger partial charge in [-0.25, -0.2) is 0 Å². The van der Waals surface area contributed by atoms with Gasteiger partial charge in [-0.2, -0.15) is 5.10 Å². The van der Waals surface area contributed by atoms with Crippen molar-refractivity contribution >= 4 is 34.6 Å². The van der Waals surface area contributed by atoms with Gasteiger partial charge in [-0.3, -0.25) is 9.48 Å². The Balaban J connectivity index is 2.08. The minimum atomic E-state index is -0.544. The van der Waals surface area contributed by atoms with E-state index >= 15 is 0 Å². The first-order valence-corrected chi connectivity index (χ1v) is 7.48. The van der Waals surface area contributed by atoms with Crippen LogP contribution < -0.4 is 16.4 Å². The van der Waals surface area contributed by atoms with Crippen molar-refractivity contribution in [2.75, 3.05) is 10.6 Å². The van der Waals surface area contributed by atoms with E-state index in [2.05, 4.69) is 22.7 Å². The van der Waals surface area contributed by atoms with Gasteiger partial charge in [-0.05, 0) is 43.3 Å². The maximum atomic E-state index is 11.5. The summed E-state index contributed by atoms with van der Waals surface area (Å²) in [5, 5.41) is 10.5. The highest BCUT2D eigenvalue weighted by Gasteiger charge is 2.16. The van der Waals surface area contributed by atoms with Gasteiger partial charge in [0, 0.05) is 12.2 Å². The van der Waals surface area contributed by atoms with Gasteiger partial charge in [0.1, 0.15) is 5.69 Å². The lowest BCUT2D eigenvalue weighted by Gasteiger charge is -2.11. The smallest absolute Gasteiger partial charge is 0.269 e. The number of aromatic nitrogens is 2. The molecule has 1 amide bonds. The Bertz CT molecular complexity index is 678. The van der Waals surface area contributed by atoms with Crippen molar-refractivity contribution in [3.8, 4) is 0 Å². The van der Waals surface area contributed by atoms with Crippen LogP contribution in [-0.2, 0) is 13.0 Å². The molecule has 0 unspecified atom stereocenters. The van der Waals surface area contributed by atoms with E-state index in [4.69, 9.17) is 18.0 Å².